The molecule has 2 N–H and O–H groups in total. The highest BCUT2D eigenvalue weighted by Crippen LogP contribution is 2.15. The van der Waals surface area contributed by atoms with Gasteiger partial charge >= 0.3 is 0 Å². The van der Waals surface area contributed by atoms with Crippen molar-refractivity contribution in [2.24, 2.45) is 5.92 Å². The quantitative estimate of drug-likeness (QED) is 0.781. The number of nitrogens with zero attached hydrogens (tertiary/aromatic N) is 1. The second-order valence-electron chi connectivity index (χ2n) is 4.24. The Kier molecular flexibility index (Phi) is 5.56. The summed E-state index contributed by atoms with van der Waals surface area (Å²) in [5.41, 5.74) is 6.68. The summed E-state index contributed by atoms with van der Waals surface area (Å²) >= 11 is 5.84. The molecule has 16 heavy (non-hydrogen) atoms. The lowest BCUT2D eigenvalue weighted by Crippen LogP contribution is -2.05. The van der Waals surface area contributed by atoms with E-state index < -0.39 is 0 Å². The first kappa shape index (κ1) is 13.3. The van der Waals surface area contributed by atoms with Gasteiger partial charge in [0.2, 0.25) is 0 Å². The minimum absolute atomic E-state index is 0.539. The summed E-state index contributed by atoms with van der Waals surface area (Å²) in [5, 5.41) is 0.617. The summed E-state index contributed by atoms with van der Waals surface area (Å²) in [6.07, 6.45) is 3.40. The molecule has 1 rings (SSSR count). The van der Waals surface area contributed by atoms with Crippen molar-refractivity contribution in [3.8, 4) is 0 Å². The third kappa shape index (κ3) is 4.81. The van der Waals surface area contributed by atoms with Crippen LogP contribution in [-0.2, 0) is 11.2 Å². The Bertz CT molecular complexity index is 329. The zero-order chi connectivity index (χ0) is 12.0. The Morgan fingerprint density at radius 1 is 1.44 bits per heavy atom. The predicted octanol–water partition coefficient (Wildman–Crippen LogP) is 2.92. The second-order valence-corrected chi connectivity index (χ2v) is 4.68. The molecule has 0 saturated heterocycles. The van der Waals surface area contributed by atoms with Crippen LogP contribution in [0.3, 0.4) is 0 Å². The number of pyridine rings is 1. The summed E-state index contributed by atoms with van der Waals surface area (Å²) in [5.74, 6) is 1.22. The van der Waals surface area contributed by atoms with Crippen molar-refractivity contribution < 1.29 is 4.74 Å². The van der Waals surface area contributed by atoms with Gasteiger partial charge in [-0.15, -0.1) is 0 Å². The van der Waals surface area contributed by atoms with Gasteiger partial charge in [-0.3, -0.25) is 0 Å². The summed E-state index contributed by atoms with van der Waals surface area (Å²) in [6.45, 7) is 5.83. The third-order valence-corrected chi connectivity index (χ3v) is 2.53. The number of aromatic nitrogens is 1. The van der Waals surface area contributed by atoms with E-state index in [1.807, 2.05) is 6.07 Å². The Balaban J connectivity index is 2.29. The molecule has 0 aliphatic carbocycles. The molecule has 0 bridgehead atoms. The molecule has 0 atom stereocenters. The minimum atomic E-state index is 0.539. The minimum Gasteiger partial charge on any atom is -0.383 e. The Morgan fingerprint density at radius 3 is 2.88 bits per heavy atom. The lowest BCUT2D eigenvalue weighted by molar-refractivity contribution is 0.126. The van der Waals surface area contributed by atoms with Crippen LogP contribution in [-0.4, -0.2) is 18.2 Å². The van der Waals surface area contributed by atoms with Crippen LogP contribution in [0.5, 0.6) is 0 Å². The number of rotatable bonds is 6. The zero-order valence-electron chi connectivity index (χ0n) is 9.87. The van der Waals surface area contributed by atoms with Gasteiger partial charge in [-0.2, -0.15) is 0 Å². The molecule has 0 aromatic carbocycles. The molecule has 0 aliphatic heterocycles. The third-order valence-electron chi connectivity index (χ3n) is 2.32. The molecule has 0 radical (unpaired) electrons. The number of halogens is 1. The van der Waals surface area contributed by atoms with Crippen LogP contribution in [0.15, 0.2) is 12.3 Å². The maximum Gasteiger partial charge on any atom is 0.126 e. The predicted molar refractivity (Wildman–Crippen MR) is 67.6 cm³/mol. The van der Waals surface area contributed by atoms with E-state index in [-0.39, 0.29) is 0 Å². The Morgan fingerprint density at radius 2 is 2.19 bits per heavy atom. The molecular formula is C12H19ClN2O. The normalized spacial score (nSPS) is 11.0. The van der Waals surface area contributed by atoms with Gasteiger partial charge in [-0.25, -0.2) is 4.98 Å². The van der Waals surface area contributed by atoms with Crippen LogP contribution in [0.1, 0.15) is 25.8 Å². The maximum absolute atomic E-state index is 5.84. The highest BCUT2D eigenvalue weighted by atomic mass is 35.5. The van der Waals surface area contributed by atoms with E-state index in [4.69, 9.17) is 22.1 Å². The molecule has 0 unspecified atom stereocenters. The Labute approximate surface area is 102 Å². The number of ether oxygens (including phenoxy) is 1. The second kappa shape index (κ2) is 6.71. The molecule has 0 amide bonds. The molecular weight excluding hydrogens is 224 g/mol. The molecule has 90 valence electrons. The summed E-state index contributed by atoms with van der Waals surface area (Å²) in [4.78, 5) is 4.00. The van der Waals surface area contributed by atoms with E-state index >= 15 is 0 Å². The van der Waals surface area contributed by atoms with Gasteiger partial charge in [0.25, 0.3) is 0 Å². The number of nitrogens with two attached hydrogens (primary N) is 1. The van der Waals surface area contributed by atoms with E-state index in [9.17, 15) is 0 Å². The van der Waals surface area contributed by atoms with Crippen molar-refractivity contribution in [3.05, 3.63) is 22.8 Å². The average molecular weight is 243 g/mol. The van der Waals surface area contributed by atoms with Crippen molar-refractivity contribution in [2.75, 3.05) is 18.9 Å². The number of hydrogen-bond donors (Lipinski definition) is 1. The van der Waals surface area contributed by atoms with E-state index in [2.05, 4.69) is 18.8 Å². The van der Waals surface area contributed by atoms with Gasteiger partial charge in [-0.1, -0.05) is 25.4 Å². The maximum atomic E-state index is 5.84. The summed E-state index contributed by atoms with van der Waals surface area (Å²) in [7, 11) is 0. The molecule has 0 spiro atoms. The van der Waals surface area contributed by atoms with Gasteiger partial charge in [0.05, 0.1) is 11.6 Å². The fourth-order valence-electron chi connectivity index (χ4n) is 1.30. The van der Waals surface area contributed by atoms with Gasteiger partial charge < -0.3 is 10.5 Å². The number of hydrogen-bond acceptors (Lipinski definition) is 3. The van der Waals surface area contributed by atoms with E-state index in [1.54, 1.807) is 6.20 Å². The van der Waals surface area contributed by atoms with Crippen molar-refractivity contribution in [2.45, 2.75) is 26.7 Å². The van der Waals surface area contributed by atoms with Gasteiger partial charge in [-0.05, 0) is 30.4 Å². The van der Waals surface area contributed by atoms with Crippen LogP contribution in [0.25, 0.3) is 0 Å². The van der Waals surface area contributed by atoms with Crippen LogP contribution in [0.4, 0.5) is 5.82 Å². The molecule has 0 aliphatic rings. The lowest BCUT2D eigenvalue weighted by atomic mass is 10.1. The van der Waals surface area contributed by atoms with Crippen molar-refractivity contribution in [3.63, 3.8) is 0 Å². The molecule has 4 heteroatoms. The molecule has 0 saturated carbocycles. The largest absolute Gasteiger partial charge is 0.383 e. The van der Waals surface area contributed by atoms with Crippen LogP contribution >= 0.6 is 11.6 Å². The monoisotopic (exact) mass is 242 g/mol. The topological polar surface area (TPSA) is 48.1 Å². The summed E-state index contributed by atoms with van der Waals surface area (Å²) < 4.78 is 5.52. The first-order valence-electron chi connectivity index (χ1n) is 5.57. The Hall–Kier alpha value is -0.800. The lowest BCUT2D eigenvalue weighted by Gasteiger charge is -2.07. The standard InChI is InChI=1S/C12H19ClN2O/c1-9(2)3-5-16-6-4-10-7-11(13)8-15-12(10)14/h7-9H,3-6H2,1-2H3,(H2,14,15). The fraction of sp³-hybridized carbons (Fsp3) is 0.583. The molecule has 1 heterocycles. The van der Waals surface area contributed by atoms with Gasteiger partial charge in [0.1, 0.15) is 5.82 Å². The first-order chi connectivity index (χ1) is 7.59. The average Bonchev–Trinajstić information content (AvgIpc) is 2.22. The zero-order valence-corrected chi connectivity index (χ0v) is 10.6. The smallest absolute Gasteiger partial charge is 0.126 e. The SMILES string of the molecule is CC(C)CCOCCc1cc(Cl)cnc1N. The van der Waals surface area contributed by atoms with Gasteiger partial charge in [0, 0.05) is 12.8 Å². The van der Waals surface area contributed by atoms with Crippen molar-refractivity contribution >= 4 is 17.4 Å². The fourth-order valence-corrected chi connectivity index (χ4v) is 1.48. The first-order valence-corrected chi connectivity index (χ1v) is 5.95. The van der Waals surface area contributed by atoms with Crippen LogP contribution in [0, 0.1) is 5.92 Å². The van der Waals surface area contributed by atoms with Crippen LogP contribution in [0.2, 0.25) is 5.02 Å². The molecule has 0 fully saturated rings. The highest BCUT2D eigenvalue weighted by Gasteiger charge is 2.02. The summed E-state index contributed by atoms with van der Waals surface area (Å²) in [6, 6.07) is 1.84. The van der Waals surface area contributed by atoms with E-state index in [0.717, 1.165) is 25.0 Å². The molecule has 3 nitrogen and oxygen atoms in total. The highest BCUT2D eigenvalue weighted by molar-refractivity contribution is 6.30. The number of anilines is 1. The molecule has 1 aromatic heterocycles. The van der Waals surface area contributed by atoms with Crippen molar-refractivity contribution in [1.82, 2.24) is 4.98 Å². The van der Waals surface area contributed by atoms with Crippen LogP contribution < -0.4 is 5.73 Å². The van der Waals surface area contributed by atoms with E-state index in [0.29, 0.717) is 23.4 Å². The van der Waals surface area contributed by atoms with E-state index in [1.165, 1.54) is 0 Å². The van der Waals surface area contributed by atoms with Gasteiger partial charge in [0.15, 0.2) is 0 Å². The molecule has 1 aromatic rings. The van der Waals surface area contributed by atoms with Crippen molar-refractivity contribution in [1.29, 1.82) is 0 Å². The number of nitrogen functional groups attached to an aromatic ring is 1.